The Bertz CT molecular complexity index is 1520. The van der Waals surface area contributed by atoms with Crippen molar-refractivity contribution in [3.63, 3.8) is 0 Å². The number of carboxylic acid groups (broad SMARTS) is 1. The van der Waals surface area contributed by atoms with Crippen LogP contribution in [0.3, 0.4) is 0 Å². The van der Waals surface area contributed by atoms with Gasteiger partial charge in [0, 0.05) is 24.3 Å². The maximum Gasteiger partial charge on any atom is 0.323 e. The van der Waals surface area contributed by atoms with E-state index in [1.807, 2.05) is 32.0 Å². The van der Waals surface area contributed by atoms with E-state index >= 15 is 0 Å². The van der Waals surface area contributed by atoms with Gasteiger partial charge in [-0.15, -0.1) is 0 Å². The quantitative estimate of drug-likeness (QED) is 0.278. The zero-order valence-electron chi connectivity index (χ0n) is 22.8. The number of oxazole rings is 1. The van der Waals surface area contributed by atoms with E-state index in [1.165, 1.54) is 12.4 Å². The fraction of sp³-hybridized carbons (Fsp3) is 0.370. The molecule has 1 saturated heterocycles. The molecule has 1 fully saturated rings. The Balaban J connectivity index is 1.37. The first-order valence-corrected chi connectivity index (χ1v) is 14.8. The second kappa shape index (κ2) is 12.5. The zero-order chi connectivity index (χ0) is 29.7. The van der Waals surface area contributed by atoms with E-state index in [4.69, 9.17) is 4.42 Å². The van der Waals surface area contributed by atoms with Gasteiger partial charge in [0.25, 0.3) is 0 Å². The molecule has 0 aliphatic carbocycles. The molecular formula is C27H32N6O7S. The van der Waals surface area contributed by atoms with E-state index in [1.54, 1.807) is 23.1 Å². The van der Waals surface area contributed by atoms with Crippen molar-refractivity contribution in [1.29, 1.82) is 0 Å². The number of nitrogens with zero attached hydrogens (tertiary/aromatic N) is 3. The van der Waals surface area contributed by atoms with Crippen molar-refractivity contribution in [2.45, 2.75) is 45.2 Å². The van der Waals surface area contributed by atoms with E-state index in [9.17, 15) is 27.9 Å². The molecule has 14 heteroatoms. The number of rotatable bonds is 10. The molecule has 3 amide bonds. The van der Waals surface area contributed by atoms with Gasteiger partial charge in [-0.25, -0.2) is 22.9 Å². The molecule has 3 aromatic rings. The summed E-state index contributed by atoms with van der Waals surface area (Å²) in [6.45, 7) is 4.34. The lowest BCUT2D eigenvalue weighted by atomic mass is 10.0. The van der Waals surface area contributed by atoms with Gasteiger partial charge < -0.3 is 25.1 Å². The molecule has 1 aliphatic heterocycles. The number of sulfonamides is 1. The molecule has 3 heterocycles. The van der Waals surface area contributed by atoms with E-state index in [0.29, 0.717) is 30.0 Å². The van der Waals surface area contributed by atoms with E-state index in [-0.39, 0.29) is 36.3 Å². The molecule has 0 saturated carbocycles. The summed E-state index contributed by atoms with van der Waals surface area (Å²) in [6, 6.07) is 8.45. The summed E-state index contributed by atoms with van der Waals surface area (Å²) < 4.78 is 30.9. The van der Waals surface area contributed by atoms with Crippen molar-refractivity contribution in [3.05, 3.63) is 71.7 Å². The fourth-order valence-corrected chi connectivity index (χ4v) is 5.35. The van der Waals surface area contributed by atoms with Gasteiger partial charge in [-0.1, -0.05) is 25.1 Å². The number of aliphatic carboxylic acids is 1. The number of nitrogens with one attached hydrogen (secondary N) is 3. The maximum atomic E-state index is 13.3. The second-order valence-electron chi connectivity index (χ2n) is 10.1. The largest absolute Gasteiger partial charge is 0.480 e. The van der Waals surface area contributed by atoms with Gasteiger partial charge in [0.05, 0.1) is 30.8 Å². The Morgan fingerprint density at radius 1 is 1.12 bits per heavy atom. The molecule has 3 atom stereocenters. The number of carbonyl (C=O) groups excluding carboxylic acids is 2. The van der Waals surface area contributed by atoms with Crippen molar-refractivity contribution in [2.75, 3.05) is 23.4 Å². The molecule has 13 nitrogen and oxygen atoms in total. The van der Waals surface area contributed by atoms with E-state index in [0.717, 1.165) is 11.8 Å². The third-order valence-corrected chi connectivity index (χ3v) is 7.43. The number of para-hydroxylation sites is 1. The number of aromatic nitrogens is 2. The Morgan fingerprint density at radius 3 is 2.54 bits per heavy atom. The molecule has 3 unspecified atom stereocenters. The van der Waals surface area contributed by atoms with Crippen LogP contribution in [0.2, 0.25) is 0 Å². The average Bonchev–Trinajstić information content (AvgIpc) is 3.51. The first kappa shape index (κ1) is 29.7. The molecule has 0 spiro atoms. The number of anilines is 2. The van der Waals surface area contributed by atoms with Gasteiger partial charge in [0.1, 0.15) is 17.8 Å². The summed E-state index contributed by atoms with van der Waals surface area (Å²) in [4.78, 5) is 47.4. The molecule has 0 bridgehead atoms. The minimum absolute atomic E-state index is 0.0197. The molecule has 41 heavy (non-hydrogen) atoms. The zero-order valence-corrected chi connectivity index (χ0v) is 23.6. The first-order chi connectivity index (χ1) is 19.4. The van der Waals surface area contributed by atoms with Crippen LogP contribution in [0.15, 0.2) is 53.2 Å². The highest BCUT2D eigenvalue weighted by atomic mass is 32.2. The van der Waals surface area contributed by atoms with Crippen LogP contribution in [0.25, 0.3) is 0 Å². The number of carbonyl (C=O) groups is 3. The number of amides is 3. The highest BCUT2D eigenvalue weighted by Gasteiger charge is 2.39. The molecule has 4 rings (SSSR count). The van der Waals surface area contributed by atoms with Gasteiger partial charge in [-0.2, -0.15) is 0 Å². The maximum absolute atomic E-state index is 13.3. The SMILES string of the molecule is Cc1ccccc1NC(=O)Nc1ccc(CC(=O)N2CCC(C)C2c2ncc(CC(NS(C)(=O)=O)C(=O)O)o2)nc1. The lowest BCUT2D eigenvalue weighted by Crippen LogP contribution is -2.41. The Morgan fingerprint density at radius 2 is 1.88 bits per heavy atom. The number of urea groups is 1. The third-order valence-electron chi connectivity index (χ3n) is 6.71. The molecule has 4 N–H and O–H groups in total. The Labute approximate surface area is 237 Å². The number of aryl methyl sites for hydroxylation is 1. The molecule has 0 radical (unpaired) electrons. The van der Waals surface area contributed by atoms with Crippen molar-refractivity contribution >= 4 is 39.3 Å². The number of hydrogen-bond acceptors (Lipinski definition) is 8. The first-order valence-electron chi connectivity index (χ1n) is 12.9. The lowest BCUT2D eigenvalue weighted by Gasteiger charge is -2.24. The topological polar surface area (TPSA) is 184 Å². The summed E-state index contributed by atoms with van der Waals surface area (Å²) in [7, 11) is -3.75. The number of likely N-dealkylation sites (tertiary alicyclic amines) is 1. The molecular weight excluding hydrogens is 552 g/mol. The van der Waals surface area contributed by atoms with Crippen molar-refractivity contribution in [1.82, 2.24) is 19.6 Å². The van der Waals surface area contributed by atoms with Crippen LogP contribution in [0, 0.1) is 12.8 Å². The minimum atomic E-state index is -3.75. The average molecular weight is 585 g/mol. The van der Waals surface area contributed by atoms with E-state index in [2.05, 4.69) is 25.3 Å². The molecule has 218 valence electrons. The van der Waals surface area contributed by atoms with Gasteiger partial charge in [-0.05, 0) is 43.0 Å². The van der Waals surface area contributed by atoms with Crippen LogP contribution in [-0.2, 0) is 32.5 Å². The summed E-state index contributed by atoms with van der Waals surface area (Å²) in [5.74, 6) is -1.06. The van der Waals surface area contributed by atoms with E-state index < -0.39 is 34.1 Å². The van der Waals surface area contributed by atoms with Crippen LogP contribution in [-0.4, -0.2) is 65.1 Å². The number of carboxylic acids is 1. The standard InChI is InChI=1S/C27H32N6O7S/c1-16-6-4-5-7-21(16)31-27(37)30-19-9-8-18(28-14-19)12-23(34)33-11-10-17(2)24(33)25-29-15-20(40-25)13-22(26(35)36)32-41(3,38)39/h4-9,14-15,17,22,24,32H,10-13H2,1-3H3,(H,35,36)(H2,30,31,37). The third kappa shape index (κ3) is 7.89. The highest BCUT2D eigenvalue weighted by Crippen LogP contribution is 2.37. The fourth-order valence-electron chi connectivity index (χ4n) is 4.65. The Hall–Kier alpha value is -4.30. The predicted octanol–water partition coefficient (Wildman–Crippen LogP) is 2.72. The minimum Gasteiger partial charge on any atom is -0.480 e. The number of hydrogen-bond donors (Lipinski definition) is 4. The normalized spacial score (nSPS) is 17.7. The van der Waals surface area contributed by atoms with Crippen molar-refractivity contribution in [3.8, 4) is 0 Å². The molecule has 1 aromatic carbocycles. The van der Waals surface area contributed by atoms with Crippen LogP contribution in [0.5, 0.6) is 0 Å². The summed E-state index contributed by atoms with van der Waals surface area (Å²) in [5.41, 5.74) is 2.61. The highest BCUT2D eigenvalue weighted by molar-refractivity contribution is 7.88. The van der Waals surface area contributed by atoms with Crippen LogP contribution in [0.4, 0.5) is 16.2 Å². The van der Waals surface area contributed by atoms with Gasteiger partial charge >= 0.3 is 12.0 Å². The Kier molecular flexibility index (Phi) is 9.03. The van der Waals surface area contributed by atoms with Crippen LogP contribution in [0.1, 0.15) is 42.3 Å². The lowest BCUT2D eigenvalue weighted by molar-refractivity contribution is -0.139. The second-order valence-corrected chi connectivity index (χ2v) is 11.8. The van der Waals surface area contributed by atoms with Gasteiger partial charge in [0.2, 0.25) is 21.8 Å². The van der Waals surface area contributed by atoms with Crippen molar-refractivity contribution in [2.24, 2.45) is 5.92 Å². The van der Waals surface area contributed by atoms with Crippen molar-refractivity contribution < 1.29 is 32.3 Å². The van der Waals surface area contributed by atoms with Gasteiger partial charge in [-0.3, -0.25) is 14.6 Å². The number of benzene rings is 1. The molecule has 1 aliphatic rings. The monoisotopic (exact) mass is 584 g/mol. The summed E-state index contributed by atoms with van der Waals surface area (Å²) in [6.07, 6.45) is 4.21. The van der Waals surface area contributed by atoms with Crippen LogP contribution >= 0.6 is 0 Å². The summed E-state index contributed by atoms with van der Waals surface area (Å²) >= 11 is 0. The smallest absolute Gasteiger partial charge is 0.323 e. The van der Waals surface area contributed by atoms with Crippen LogP contribution < -0.4 is 15.4 Å². The summed E-state index contributed by atoms with van der Waals surface area (Å²) in [5, 5.41) is 14.9. The number of pyridine rings is 1. The van der Waals surface area contributed by atoms with Gasteiger partial charge in [0.15, 0.2) is 0 Å². The molecule has 2 aromatic heterocycles. The predicted molar refractivity (Wildman–Crippen MR) is 150 cm³/mol.